The summed E-state index contributed by atoms with van der Waals surface area (Å²) >= 11 is 0. The molecule has 0 bridgehead atoms. The van der Waals surface area contributed by atoms with Gasteiger partial charge in [-0.25, -0.2) is 4.98 Å². The molecular weight excluding hydrogens is 228 g/mol. The maximum absolute atomic E-state index is 11.5. The number of likely N-dealkylation sites (N-methyl/N-ethyl adjacent to an activating group) is 1. The van der Waals surface area contributed by atoms with E-state index in [1.165, 1.54) is 0 Å². The van der Waals surface area contributed by atoms with Crippen molar-refractivity contribution in [3.63, 3.8) is 0 Å². The zero-order chi connectivity index (χ0) is 13.5. The van der Waals surface area contributed by atoms with Crippen LogP contribution in [0.1, 0.15) is 24.6 Å². The quantitative estimate of drug-likeness (QED) is 0.784. The van der Waals surface area contributed by atoms with Crippen LogP contribution in [0, 0.1) is 6.92 Å². The van der Waals surface area contributed by atoms with E-state index in [0.29, 0.717) is 13.1 Å². The lowest BCUT2D eigenvalue weighted by atomic mass is 10.2. The van der Waals surface area contributed by atoms with E-state index in [1.807, 2.05) is 24.0 Å². The molecule has 0 aromatic carbocycles. The van der Waals surface area contributed by atoms with Crippen molar-refractivity contribution >= 4 is 11.7 Å². The zero-order valence-corrected chi connectivity index (χ0v) is 11.4. The Bertz CT molecular complexity index is 406. The highest BCUT2D eigenvalue weighted by Crippen LogP contribution is 2.18. The first-order valence-electron chi connectivity index (χ1n) is 6.24. The second-order valence-corrected chi connectivity index (χ2v) is 4.23. The summed E-state index contributed by atoms with van der Waals surface area (Å²) in [6, 6.07) is 3.92. The molecule has 0 saturated heterocycles. The first kappa shape index (κ1) is 14.4. The van der Waals surface area contributed by atoms with Crippen LogP contribution in [-0.2, 0) is 11.3 Å². The molecule has 0 unspecified atom stereocenters. The Balaban J connectivity index is 3.03. The molecule has 0 atom stereocenters. The molecule has 18 heavy (non-hydrogen) atoms. The Morgan fingerprint density at radius 1 is 1.50 bits per heavy atom. The fourth-order valence-electron chi connectivity index (χ4n) is 1.79. The Kier molecular flexibility index (Phi) is 5.58. The summed E-state index contributed by atoms with van der Waals surface area (Å²) in [5, 5.41) is 2.64. The molecule has 1 heterocycles. The summed E-state index contributed by atoms with van der Waals surface area (Å²) in [6.45, 7) is 5.55. The molecule has 1 aromatic heterocycles. The van der Waals surface area contributed by atoms with Gasteiger partial charge in [0, 0.05) is 31.4 Å². The molecule has 1 aromatic rings. The van der Waals surface area contributed by atoms with E-state index in [4.69, 9.17) is 5.73 Å². The molecule has 5 heteroatoms. The van der Waals surface area contributed by atoms with Crippen molar-refractivity contribution in [3.8, 4) is 0 Å². The summed E-state index contributed by atoms with van der Waals surface area (Å²) < 4.78 is 0. The third-order valence-electron chi connectivity index (χ3n) is 2.72. The summed E-state index contributed by atoms with van der Waals surface area (Å²) in [6.07, 6.45) is 0.955. The number of aryl methyl sites for hydroxylation is 1. The maximum atomic E-state index is 11.5. The number of carbonyl (C=O) groups excluding carboxylic acids is 1. The van der Waals surface area contributed by atoms with Crippen LogP contribution in [0.3, 0.4) is 0 Å². The number of amides is 1. The molecule has 0 spiro atoms. The topological polar surface area (TPSA) is 71.2 Å². The average Bonchev–Trinajstić information content (AvgIpc) is 2.38. The molecular formula is C13H22N4O. The van der Waals surface area contributed by atoms with Crippen molar-refractivity contribution in [1.29, 1.82) is 0 Å². The second-order valence-electron chi connectivity index (χ2n) is 4.23. The molecule has 0 radical (unpaired) electrons. The Morgan fingerprint density at radius 2 is 2.22 bits per heavy atom. The number of nitrogens with one attached hydrogen (secondary N) is 1. The molecule has 0 saturated carbocycles. The molecule has 5 nitrogen and oxygen atoms in total. The van der Waals surface area contributed by atoms with Crippen molar-refractivity contribution in [2.45, 2.75) is 26.8 Å². The van der Waals surface area contributed by atoms with Gasteiger partial charge in [0.25, 0.3) is 0 Å². The van der Waals surface area contributed by atoms with Crippen LogP contribution in [0.4, 0.5) is 5.82 Å². The fourth-order valence-corrected chi connectivity index (χ4v) is 1.79. The Labute approximate surface area is 108 Å². The van der Waals surface area contributed by atoms with Crippen molar-refractivity contribution in [2.75, 3.05) is 25.0 Å². The van der Waals surface area contributed by atoms with Gasteiger partial charge < -0.3 is 16.0 Å². The van der Waals surface area contributed by atoms with Gasteiger partial charge in [-0.2, -0.15) is 0 Å². The van der Waals surface area contributed by atoms with E-state index in [1.54, 1.807) is 7.05 Å². The SMILES string of the molecule is CCCN(CC(=O)NC)c1nc(C)ccc1CN. The van der Waals surface area contributed by atoms with Crippen molar-refractivity contribution in [1.82, 2.24) is 10.3 Å². The Hall–Kier alpha value is -1.62. The van der Waals surface area contributed by atoms with Gasteiger partial charge in [0.05, 0.1) is 6.54 Å². The number of nitrogens with zero attached hydrogens (tertiary/aromatic N) is 2. The largest absolute Gasteiger partial charge is 0.358 e. The van der Waals surface area contributed by atoms with Gasteiger partial charge in [0.15, 0.2) is 0 Å². The molecule has 0 aliphatic carbocycles. The first-order chi connectivity index (χ1) is 8.62. The highest BCUT2D eigenvalue weighted by molar-refractivity contribution is 5.81. The van der Waals surface area contributed by atoms with Crippen LogP contribution in [0.15, 0.2) is 12.1 Å². The third-order valence-corrected chi connectivity index (χ3v) is 2.72. The molecule has 1 rings (SSSR count). The number of carbonyl (C=O) groups is 1. The molecule has 0 aliphatic rings. The standard InChI is InChI=1S/C13H22N4O/c1-4-7-17(9-12(18)15-3)13-11(8-14)6-5-10(2)16-13/h5-6H,4,7-9,14H2,1-3H3,(H,15,18). The summed E-state index contributed by atoms with van der Waals surface area (Å²) in [7, 11) is 1.64. The summed E-state index contributed by atoms with van der Waals surface area (Å²) in [4.78, 5) is 18.0. The lowest BCUT2D eigenvalue weighted by Crippen LogP contribution is -2.37. The van der Waals surface area contributed by atoms with Gasteiger partial charge in [-0.05, 0) is 19.4 Å². The Morgan fingerprint density at radius 3 is 2.78 bits per heavy atom. The zero-order valence-electron chi connectivity index (χ0n) is 11.4. The van der Waals surface area contributed by atoms with E-state index in [0.717, 1.165) is 30.0 Å². The van der Waals surface area contributed by atoms with Crippen LogP contribution >= 0.6 is 0 Å². The van der Waals surface area contributed by atoms with E-state index < -0.39 is 0 Å². The molecule has 1 amide bonds. The highest BCUT2D eigenvalue weighted by Gasteiger charge is 2.14. The lowest BCUT2D eigenvalue weighted by Gasteiger charge is -2.24. The molecule has 0 fully saturated rings. The van der Waals surface area contributed by atoms with Crippen molar-refractivity contribution in [3.05, 3.63) is 23.4 Å². The number of nitrogens with two attached hydrogens (primary N) is 1. The van der Waals surface area contributed by atoms with Gasteiger partial charge in [0.1, 0.15) is 5.82 Å². The third kappa shape index (κ3) is 3.70. The number of pyridine rings is 1. The normalized spacial score (nSPS) is 10.2. The highest BCUT2D eigenvalue weighted by atomic mass is 16.1. The fraction of sp³-hybridized carbons (Fsp3) is 0.538. The van der Waals surface area contributed by atoms with Gasteiger partial charge in [-0.15, -0.1) is 0 Å². The number of anilines is 1. The number of hydrogen-bond donors (Lipinski definition) is 2. The van der Waals surface area contributed by atoms with E-state index >= 15 is 0 Å². The minimum atomic E-state index is -0.0188. The van der Waals surface area contributed by atoms with Crippen molar-refractivity contribution in [2.24, 2.45) is 5.73 Å². The van der Waals surface area contributed by atoms with E-state index in [-0.39, 0.29) is 5.91 Å². The van der Waals surface area contributed by atoms with Gasteiger partial charge in [-0.1, -0.05) is 13.0 Å². The minimum absolute atomic E-state index is 0.0188. The van der Waals surface area contributed by atoms with Gasteiger partial charge in [0.2, 0.25) is 5.91 Å². The number of rotatable bonds is 6. The predicted octanol–water partition coefficient (Wildman–Crippen LogP) is 0.811. The van der Waals surface area contributed by atoms with Crippen LogP contribution in [0.25, 0.3) is 0 Å². The average molecular weight is 250 g/mol. The van der Waals surface area contributed by atoms with E-state index in [9.17, 15) is 4.79 Å². The van der Waals surface area contributed by atoms with E-state index in [2.05, 4.69) is 17.2 Å². The maximum Gasteiger partial charge on any atom is 0.239 e. The van der Waals surface area contributed by atoms with Crippen LogP contribution in [-0.4, -0.2) is 31.0 Å². The minimum Gasteiger partial charge on any atom is -0.358 e. The second kappa shape index (κ2) is 6.96. The van der Waals surface area contributed by atoms with Crippen molar-refractivity contribution < 1.29 is 4.79 Å². The summed E-state index contributed by atoms with van der Waals surface area (Å²) in [5.41, 5.74) is 7.63. The van der Waals surface area contributed by atoms with Gasteiger partial charge in [-0.3, -0.25) is 4.79 Å². The van der Waals surface area contributed by atoms with Gasteiger partial charge >= 0.3 is 0 Å². The smallest absolute Gasteiger partial charge is 0.239 e. The lowest BCUT2D eigenvalue weighted by molar-refractivity contribution is -0.119. The first-order valence-corrected chi connectivity index (χ1v) is 6.24. The van der Waals surface area contributed by atoms with Crippen LogP contribution in [0.2, 0.25) is 0 Å². The molecule has 100 valence electrons. The predicted molar refractivity (Wildman–Crippen MR) is 73.4 cm³/mol. The monoisotopic (exact) mass is 250 g/mol. The molecule has 3 N–H and O–H groups in total. The number of hydrogen-bond acceptors (Lipinski definition) is 4. The molecule has 0 aliphatic heterocycles. The van der Waals surface area contributed by atoms with Crippen LogP contribution < -0.4 is 16.0 Å². The van der Waals surface area contributed by atoms with Crippen LogP contribution in [0.5, 0.6) is 0 Å². The number of aromatic nitrogens is 1. The summed E-state index contributed by atoms with van der Waals surface area (Å²) in [5.74, 6) is 0.803.